The lowest BCUT2D eigenvalue weighted by molar-refractivity contribution is -0.211. The lowest BCUT2D eigenvalue weighted by atomic mass is 9.49. The van der Waals surface area contributed by atoms with Crippen LogP contribution < -0.4 is 0 Å². The third-order valence-electron chi connectivity index (χ3n) is 9.74. The van der Waals surface area contributed by atoms with Crippen molar-refractivity contribution >= 4 is 23.9 Å². The molecular formula is C32H50O9. The molecule has 1 N–H and O–H groups in total. The Kier molecular flexibility index (Phi) is 10.4. The molecule has 0 saturated heterocycles. The Labute approximate surface area is 244 Å². The normalized spacial score (nSPS) is 38.2. The molecule has 2 fully saturated rings. The average molecular weight is 579 g/mol. The molecule has 3 aliphatic carbocycles. The summed E-state index contributed by atoms with van der Waals surface area (Å²) in [7, 11) is 0. The summed E-state index contributed by atoms with van der Waals surface area (Å²) >= 11 is 0. The minimum Gasteiger partial charge on any atom is -0.462 e. The highest BCUT2D eigenvalue weighted by Crippen LogP contribution is 2.66. The fourth-order valence-corrected chi connectivity index (χ4v) is 8.07. The smallest absolute Gasteiger partial charge is 0.306 e. The Morgan fingerprint density at radius 1 is 0.902 bits per heavy atom. The maximum absolute atomic E-state index is 13.0. The Hall–Kier alpha value is -2.42. The van der Waals surface area contributed by atoms with Gasteiger partial charge in [0.15, 0.2) is 6.10 Å². The molecule has 0 unspecified atom stereocenters. The van der Waals surface area contributed by atoms with Crippen molar-refractivity contribution in [1.82, 2.24) is 0 Å². The molecule has 0 aliphatic heterocycles. The van der Waals surface area contributed by atoms with E-state index in [0.29, 0.717) is 37.7 Å². The maximum atomic E-state index is 13.0. The standard InChI is InChI=1S/C32H50O9/c1-10-12-24(35)40-22-15-32(9)23(38-19(6)33)16-31(8)21(27(32)26(22)17(3)4)14-18(5)29(39-20(7)34)28(37)30(31)41-25(36)13-11-2/h14,17,21-23,26-30,37H,10-13,15-16H2,1-9H3/t21-,22+,23+,26+,27+,28+,29+,30-,31-,32+/m1/s1. The molecule has 9 nitrogen and oxygen atoms in total. The number of carbonyl (C=O) groups excluding carboxylic acids is 4. The van der Waals surface area contributed by atoms with Gasteiger partial charge in [-0.1, -0.05) is 47.6 Å². The monoisotopic (exact) mass is 578 g/mol. The average Bonchev–Trinajstić information content (AvgIpc) is 3.12. The number of esters is 4. The van der Waals surface area contributed by atoms with E-state index < -0.39 is 59.3 Å². The summed E-state index contributed by atoms with van der Waals surface area (Å²) < 4.78 is 23.8. The van der Waals surface area contributed by atoms with Gasteiger partial charge in [-0.15, -0.1) is 0 Å². The fraction of sp³-hybridized carbons (Fsp3) is 0.812. The number of rotatable bonds is 9. The van der Waals surface area contributed by atoms with E-state index in [0.717, 1.165) is 0 Å². The van der Waals surface area contributed by atoms with E-state index >= 15 is 0 Å². The highest BCUT2D eigenvalue weighted by Gasteiger charge is 2.69. The predicted molar refractivity (Wildman–Crippen MR) is 151 cm³/mol. The summed E-state index contributed by atoms with van der Waals surface area (Å²) in [5.74, 6) is -2.10. The maximum Gasteiger partial charge on any atom is 0.306 e. The van der Waals surface area contributed by atoms with Crippen molar-refractivity contribution in [3.8, 4) is 0 Å². The zero-order valence-electron chi connectivity index (χ0n) is 26.2. The minimum atomic E-state index is -1.33. The first kappa shape index (κ1) is 33.1. The van der Waals surface area contributed by atoms with Crippen LogP contribution in [0.3, 0.4) is 0 Å². The largest absolute Gasteiger partial charge is 0.462 e. The fourth-order valence-electron chi connectivity index (χ4n) is 8.07. The zero-order chi connectivity index (χ0) is 30.9. The first-order chi connectivity index (χ1) is 19.1. The van der Waals surface area contributed by atoms with E-state index in [9.17, 15) is 24.3 Å². The van der Waals surface area contributed by atoms with Gasteiger partial charge in [0, 0.05) is 43.4 Å². The lowest BCUT2D eigenvalue weighted by Crippen LogP contribution is -2.61. The van der Waals surface area contributed by atoms with Crippen LogP contribution in [-0.2, 0) is 38.1 Å². The van der Waals surface area contributed by atoms with Crippen LogP contribution in [0.25, 0.3) is 0 Å². The third kappa shape index (κ3) is 6.50. The number of ether oxygens (including phenoxy) is 4. The molecule has 0 aromatic carbocycles. The van der Waals surface area contributed by atoms with Crippen LogP contribution in [0.4, 0.5) is 0 Å². The van der Waals surface area contributed by atoms with Crippen molar-refractivity contribution in [1.29, 1.82) is 0 Å². The van der Waals surface area contributed by atoms with Crippen LogP contribution in [0.15, 0.2) is 11.6 Å². The molecule has 3 rings (SSSR count). The van der Waals surface area contributed by atoms with E-state index in [1.54, 1.807) is 0 Å². The van der Waals surface area contributed by atoms with Gasteiger partial charge in [0.05, 0.1) is 0 Å². The van der Waals surface area contributed by atoms with Gasteiger partial charge in [0.1, 0.15) is 24.4 Å². The Balaban J connectivity index is 2.25. The second kappa shape index (κ2) is 12.8. The van der Waals surface area contributed by atoms with Crippen LogP contribution >= 0.6 is 0 Å². The summed E-state index contributed by atoms with van der Waals surface area (Å²) in [5.41, 5.74) is -0.790. The van der Waals surface area contributed by atoms with Crippen molar-refractivity contribution in [2.24, 2.45) is 34.5 Å². The molecule has 232 valence electrons. The van der Waals surface area contributed by atoms with E-state index in [4.69, 9.17) is 18.9 Å². The van der Waals surface area contributed by atoms with Crippen LogP contribution in [0.2, 0.25) is 0 Å². The molecule has 41 heavy (non-hydrogen) atoms. The van der Waals surface area contributed by atoms with Crippen molar-refractivity contribution in [3.63, 3.8) is 0 Å². The van der Waals surface area contributed by atoms with Crippen molar-refractivity contribution < 1.29 is 43.2 Å². The molecule has 3 aliphatic rings. The van der Waals surface area contributed by atoms with Gasteiger partial charge in [0.25, 0.3) is 0 Å². The minimum absolute atomic E-state index is 0.0954. The molecule has 10 atom stereocenters. The molecule has 9 heteroatoms. The molecular weight excluding hydrogens is 528 g/mol. The summed E-state index contributed by atoms with van der Waals surface area (Å²) in [4.78, 5) is 50.3. The number of hydrogen-bond donors (Lipinski definition) is 1. The number of aliphatic hydroxyl groups is 1. The molecule has 2 saturated carbocycles. The first-order valence-corrected chi connectivity index (χ1v) is 15.2. The molecule has 0 aromatic rings. The summed E-state index contributed by atoms with van der Waals surface area (Å²) in [5, 5.41) is 11.8. The van der Waals surface area contributed by atoms with Crippen molar-refractivity contribution in [3.05, 3.63) is 11.6 Å². The Bertz CT molecular complexity index is 1030. The van der Waals surface area contributed by atoms with Crippen LogP contribution in [0, 0.1) is 34.5 Å². The summed E-state index contributed by atoms with van der Waals surface area (Å²) in [6.45, 7) is 16.6. The topological polar surface area (TPSA) is 125 Å². The van der Waals surface area contributed by atoms with E-state index in [-0.39, 0.29) is 36.1 Å². The van der Waals surface area contributed by atoms with Gasteiger partial charge in [-0.2, -0.15) is 0 Å². The lowest BCUT2D eigenvalue weighted by Gasteiger charge is -2.57. The Morgan fingerprint density at radius 3 is 1.98 bits per heavy atom. The molecule has 0 heterocycles. The van der Waals surface area contributed by atoms with E-state index in [2.05, 4.69) is 26.8 Å². The summed E-state index contributed by atoms with van der Waals surface area (Å²) in [6, 6.07) is 0. The number of fused-ring (bicyclic) bond motifs is 3. The molecule has 0 spiro atoms. The molecule has 0 amide bonds. The van der Waals surface area contributed by atoms with Crippen molar-refractivity contribution in [2.75, 3.05) is 0 Å². The van der Waals surface area contributed by atoms with E-state index in [1.807, 2.05) is 27.7 Å². The van der Waals surface area contributed by atoms with Gasteiger partial charge in [0.2, 0.25) is 0 Å². The predicted octanol–water partition coefficient (Wildman–Crippen LogP) is 4.92. The van der Waals surface area contributed by atoms with Gasteiger partial charge in [-0.3, -0.25) is 19.2 Å². The second-order valence-electron chi connectivity index (χ2n) is 13.3. The highest BCUT2D eigenvalue weighted by molar-refractivity contribution is 5.70. The van der Waals surface area contributed by atoms with Crippen LogP contribution in [0.5, 0.6) is 0 Å². The second-order valence-corrected chi connectivity index (χ2v) is 13.3. The number of hydrogen-bond acceptors (Lipinski definition) is 9. The number of aliphatic hydroxyl groups excluding tert-OH is 1. The molecule has 0 aromatic heterocycles. The number of carbonyl (C=O) groups is 4. The molecule has 0 bridgehead atoms. The zero-order valence-corrected chi connectivity index (χ0v) is 26.2. The van der Waals surface area contributed by atoms with Gasteiger partial charge >= 0.3 is 23.9 Å². The van der Waals surface area contributed by atoms with Gasteiger partial charge in [-0.05, 0) is 55.9 Å². The molecule has 0 radical (unpaired) electrons. The van der Waals surface area contributed by atoms with Gasteiger partial charge in [-0.25, -0.2) is 0 Å². The first-order valence-electron chi connectivity index (χ1n) is 15.2. The van der Waals surface area contributed by atoms with Crippen molar-refractivity contribution in [2.45, 2.75) is 131 Å². The summed E-state index contributed by atoms with van der Waals surface area (Å²) in [6.07, 6.45) is 0.278. The van der Waals surface area contributed by atoms with Crippen LogP contribution in [-0.4, -0.2) is 59.5 Å². The Morgan fingerprint density at radius 2 is 1.46 bits per heavy atom. The highest BCUT2D eigenvalue weighted by atomic mass is 16.6. The SMILES string of the molecule is CCCC(=O)O[C@H]1C[C@]2(C)[C@H]([C@H]1C(C)C)[C@H]1C=C(C)[C@H](OC(C)=O)[C@H](O)[C@@H](OC(=O)CCC)[C@]1(C)C[C@@H]2OC(C)=O. The third-order valence-corrected chi connectivity index (χ3v) is 9.74. The van der Waals surface area contributed by atoms with Crippen LogP contribution in [0.1, 0.15) is 101 Å². The van der Waals surface area contributed by atoms with E-state index in [1.165, 1.54) is 13.8 Å². The number of allylic oxidation sites excluding steroid dienone is 1. The quantitative estimate of drug-likeness (QED) is 0.230. The van der Waals surface area contributed by atoms with Gasteiger partial charge < -0.3 is 24.1 Å².